The lowest BCUT2D eigenvalue weighted by Crippen LogP contribution is -2.40. The number of aromatic nitrogens is 3. The molecule has 2 fully saturated rings. The fraction of sp³-hybridized carbons (Fsp3) is 0.800. The molecule has 15 heavy (non-hydrogen) atoms. The monoisotopic (exact) mass is 208 g/mol. The summed E-state index contributed by atoms with van der Waals surface area (Å²) in [5.74, 6) is 1.08. The van der Waals surface area contributed by atoms with Gasteiger partial charge in [0, 0.05) is 25.6 Å². The van der Waals surface area contributed by atoms with Crippen LogP contribution < -0.4 is 5.32 Å². The molecule has 82 valence electrons. The van der Waals surface area contributed by atoms with Gasteiger partial charge in [0.05, 0.1) is 12.7 Å². The van der Waals surface area contributed by atoms with Crippen molar-refractivity contribution in [3.8, 4) is 0 Å². The fourth-order valence-corrected chi connectivity index (χ4v) is 2.02. The van der Waals surface area contributed by atoms with Crippen LogP contribution in [0.2, 0.25) is 0 Å². The summed E-state index contributed by atoms with van der Waals surface area (Å²) >= 11 is 0. The van der Waals surface area contributed by atoms with E-state index in [1.54, 1.807) is 0 Å². The number of nitrogens with zero attached hydrogens (tertiary/aromatic N) is 3. The summed E-state index contributed by atoms with van der Waals surface area (Å²) in [6, 6.07) is 0.659. The SMILES string of the molecule is c1nnc(CC2CNCCO2)n1C1CC1. The number of hydrogen-bond donors (Lipinski definition) is 1. The predicted octanol–water partition coefficient (Wildman–Crippen LogP) is 0.144. The molecule has 1 aromatic rings. The molecule has 2 heterocycles. The third-order valence-corrected chi connectivity index (χ3v) is 3.00. The van der Waals surface area contributed by atoms with Crippen LogP contribution in [0.3, 0.4) is 0 Å². The minimum Gasteiger partial charge on any atom is -0.375 e. The lowest BCUT2D eigenvalue weighted by atomic mass is 10.2. The quantitative estimate of drug-likeness (QED) is 0.768. The van der Waals surface area contributed by atoms with Crippen molar-refractivity contribution < 1.29 is 4.74 Å². The van der Waals surface area contributed by atoms with Gasteiger partial charge in [-0.3, -0.25) is 0 Å². The van der Waals surface area contributed by atoms with Gasteiger partial charge >= 0.3 is 0 Å². The Morgan fingerprint density at radius 1 is 1.53 bits per heavy atom. The van der Waals surface area contributed by atoms with Gasteiger partial charge in [-0.15, -0.1) is 10.2 Å². The molecule has 5 nitrogen and oxygen atoms in total. The standard InChI is InChI=1S/C10H16N4O/c1-2-8(1)14-7-12-13-10(14)5-9-6-11-3-4-15-9/h7-9,11H,1-6H2. The third kappa shape index (κ3) is 2.03. The molecule has 1 aliphatic carbocycles. The van der Waals surface area contributed by atoms with Gasteiger partial charge in [-0.25, -0.2) is 0 Å². The molecule has 0 radical (unpaired) electrons. The van der Waals surface area contributed by atoms with E-state index in [4.69, 9.17) is 4.74 Å². The normalized spacial score (nSPS) is 26.8. The average Bonchev–Trinajstić information content (AvgIpc) is 3.02. The highest BCUT2D eigenvalue weighted by Crippen LogP contribution is 2.35. The van der Waals surface area contributed by atoms with Crippen LogP contribution >= 0.6 is 0 Å². The first-order chi connectivity index (χ1) is 7.43. The molecule has 1 aliphatic heterocycles. The molecular weight excluding hydrogens is 192 g/mol. The van der Waals surface area contributed by atoms with Crippen LogP contribution in [0, 0.1) is 0 Å². The first-order valence-corrected chi connectivity index (χ1v) is 5.64. The van der Waals surface area contributed by atoms with Crippen LogP contribution in [0.15, 0.2) is 6.33 Å². The van der Waals surface area contributed by atoms with Gasteiger partial charge in [-0.05, 0) is 12.8 Å². The summed E-state index contributed by atoms with van der Waals surface area (Å²) in [5, 5.41) is 11.5. The minimum absolute atomic E-state index is 0.264. The van der Waals surface area contributed by atoms with Crippen LogP contribution in [0.25, 0.3) is 0 Å². The van der Waals surface area contributed by atoms with Gasteiger partial charge in [0.2, 0.25) is 0 Å². The summed E-state index contributed by atoms with van der Waals surface area (Å²) in [5.41, 5.74) is 0. The molecule has 0 aromatic carbocycles. The average molecular weight is 208 g/mol. The molecule has 0 bridgehead atoms. The first kappa shape index (κ1) is 9.30. The first-order valence-electron chi connectivity index (χ1n) is 5.64. The molecule has 1 saturated carbocycles. The number of nitrogens with one attached hydrogen (secondary N) is 1. The molecule has 0 spiro atoms. The highest BCUT2D eigenvalue weighted by atomic mass is 16.5. The molecule has 1 N–H and O–H groups in total. The smallest absolute Gasteiger partial charge is 0.135 e. The molecule has 1 atom stereocenters. The van der Waals surface area contributed by atoms with E-state index in [0.717, 1.165) is 31.9 Å². The minimum atomic E-state index is 0.264. The van der Waals surface area contributed by atoms with Crippen molar-refractivity contribution in [1.29, 1.82) is 0 Å². The van der Waals surface area contributed by atoms with Gasteiger partial charge in [0.1, 0.15) is 12.2 Å². The second-order valence-electron chi connectivity index (χ2n) is 4.29. The van der Waals surface area contributed by atoms with E-state index in [1.165, 1.54) is 12.8 Å². The van der Waals surface area contributed by atoms with Crippen LogP contribution in [0.1, 0.15) is 24.7 Å². The topological polar surface area (TPSA) is 52.0 Å². The predicted molar refractivity (Wildman–Crippen MR) is 54.6 cm³/mol. The zero-order chi connectivity index (χ0) is 10.1. The van der Waals surface area contributed by atoms with E-state index < -0.39 is 0 Å². The van der Waals surface area contributed by atoms with Crippen molar-refractivity contribution >= 4 is 0 Å². The molecule has 1 unspecified atom stereocenters. The maximum atomic E-state index is 5.66. The van der Waals surface area contributed by atoms with E-state index in [1.807, 2.05) is 6.33 Å². The van der Waals surface area contributed by atoms with Crippen molar-refractivity contribution in [1.82, 2.24) is 20.1 Å². The number of rotatable bonds is 3. The van der Waals surface area contributed by atoms with Crippen molar-refractivity contribution in [2.45, 2.75) is 31.4 Å². The Morgan fingerprint density at radius 3 is 3.20 bits per heavy atom. The van der Waals surface area contributed by atoms with Crippen LogP contribution in [0.5, 0.6) is 0 Å². The molecule has 3 rings (SSSR count). The maximum absolute atomic E-state index is 5.66. The molecular formula is C10H16N4O. The fourth-order valence-electron chi connectivity index (χ4n) is 2.02. The van der Waals surface area contributed by atoms with Crippen LogP contribution in [-0.4, -0.2) is 40.6 Å². The third-order valence-electron chi connectivity index (χ3n) is 3.00. The van der Waals surface area contributed by atoms with Crippen molar-refractivity contribution in [2.75, 3.05) is 19.7 Å². The van der Waals surface area contributed by atoms with Crippen molar-refractivity contribution in [3.05, 3.63) is 12.2 Å². The van der Waals surface area contributed by atoms with E-state index in [-0.39, 0.29) is 6.10 Å². The molecule has 2 aliphatic rings. The second-order valence-corrected chi connectivity index (χ2v) is 4.29. The maximum Gasteiger partial charge on any atom is 0.135 e. The lowest BCUT2D eigenvalue weighted by molar-refractivity contribution is 0.0275. The molecule has 1 aromatic heterocycles. The summed E-state index contributed by atoms with van der Waals surface area (Å²) < 4.78 is 7.87. The lowest BCUT2D eigenvalue weighted by Gasteiger charge is -2.23. The number of hydrogen-bond acceptors (Lipinski definition) is 4. The largest absolute Gasteiger partial charge is 0.375 e. The van der Waals surface area contributed by atoms with Crippen molar-refractivity contribution in [2.24, 2.45) is 0 Å². The zero-order valence-electron chi connectivity index (χ0n) is 8.72. The Kier molecular flexibility index (Phi) is 2.42. The summed E-state index contributed by atoms with van der Waals surface area (Å²) in [6.45, 7) is 2.70. The highest BCUT2D eigenvalue weighted by Gasteiger charge is 2.27. The Labute approximate surface area is 88.8 Å². The van der Waals surface area contributed by atoms with Gasteiger partial charge in [-0.1, -0.05) is 0 Å². The molecule has 0 amide bonds. The summed E-state index contributed by atoms with van der Waals surface area (Å²) in [7, 11) is 0. The van der Waals surface area contributed by atoms with E-state index in [0.29, 0.717) is 6.04 Å². The number of ether oxygens (including phenoxy) is 1. The van der Waals surface area contributed by atoms with Gasteiger partial charge in [-0.2, -0.15) is 0 Å². The summed E-state index contributed by atoms with van der Waals surface area (Å²) in [6.07, 6.45) is 5.54. The van der Waals surface area contributed by atoms with Gasteiger partial charge in [0.15, 0.2) is 0 Å². The van der Waals surface area contributed by atoms with Crippen LogP contribution in [0.4, 0.5) is 0 Å². The van der Waals surface area contributed by atoms with E-state index in [9.17, 15) is 0 Å². The number of morpholine rings is 1. The van der Waals surface area contributed by atoms with E-state index in [2.05, 4.69) is 20.1 Å². The Bertz CT molecular complexity index is 328. The zero-order valence-corrected chi connectivity index (χ0v) is 8.72. The highest BCUT2D eigenvalue weighted by molar-refractivity contribution is 4.97. The van der Waals surface area contributed by atoms with Crippen molar-refractivity contribution in [3.63, 3.8) is 0 Å². The van der Waals surface area contributed by atoms with Gasteiger partial charge in [0.25, 0.3) is 0 Å². The Balaban J connectivity index is 1.67. The van der Waals surface area contributed by atoms with E-state index >= 15 is 0 Å². The Morgan fingerprint density at radius 2 is 2.47 bits per heavy atom. The molecule has 5 heteroatoms. The Hall–Kier alpha value is -0.940. The van der Waals surface area contributed by atoms with Crippen LogP contribution in [-0.2, 0) is 11.2 Å². The van der Waals surface area contributed by atoms with Gasteiger partial charge < -0.3 is 14.6 Å². The summed E-state index contributed by atoms with van der Waals surface area (Å²) in [4.78, 5) is 0. The second kappa shape index (κ2) is 3.90. The molecule has 1 saturated heterocycles.